The Hall–Kier alpha value is -2.47. The van der Waals surface area contributed by atoms with E-state index >= 15 is 0 Å². The smallest absolute Gasteiger partial charge is 0.410 e. The molecule has 6 nitrogen and oxygen atoms in total. The van der Waals surface area contributed by atoms with Crippen molar-refractivity contribution in [3.05, 3.63) is 53.9 Å². The van der Waals surface area contributed by atoms with Gasteiger partial charge in [0, 0.05) is 25.5 Å². The van der Waals surface area contributed by atoms with Crippen LogP contribution in [0.2, 0.25) is 0 Å². The number of nitrogens with zero attached hydrogens (tertiary/aromatic N) is 3. The van der Waals surface area contributed by atoms with Crippen LogP contribution in [0.5, 0.6) is 5.75 Å². The summed E-state index contributed by atoms with van der Waals surface area (Å²) in [6, 6.07) is 9.86. The van der Waals surface area contributed by atoms with Crippen molar-refractivity contribution in [1.29, 1.82) is 0 Å². The first-order valence-corrected chi connectivity index (χ1v) is 9.41. The minimum Gasteiger partial charge on any atom is -0.497 e. The highest BCUT2D eigenvalue weighted by Crippen LogP contribution is 2.20. The normalized spacial score (nSPS) is 15.5. The highest BCUT2D eigenvalue weighted by molar-refractivity contribution is 5.68. The van der Waals surface area contributed by atoms with E-state index < -0.39 is 0 Å². The van der Waals surface area contributed by atoms with E-state index in [0.717, 1.165) is 42.8 Å². The second-order valence-corrected chi connectivity index (χ2v) is 7.25. The van der Waals surface area contributed by atoms with Crippen LogP contribution in [-0.4, -0.2) is 53.7 Å². The molecule has 146 valence electrons. The van der Waals surface area contributed by atoms with E-state index in [9.17, 15) is 4.79 Å². The number of benzene rings is 1. The molecular weight excluding hydrogens is 342 g/mol. The third-order valence-corrected chi connectivity index (χ3v) is 5.13. The fraction of sp³-hybridized carbons (Fsp3) is 0.476. The molecule has 0 saturated carbocycles. The van der Waals surface area contributed by atoms with Crippen molar-refractivity contribution in [2.24, 2.45) is 7.05 Å². The summed E-state index contributed by atoms with van der Waals surface area (Å²) in [5, 5.41) is 0. The lowest BCUT2D eigenvalue weighted by atomic mass is 10.0. The maximum atomic E-state index is 12.9. The van der Waals surface area contributed by atoms with Crippen LogP contribution in [0.1, 0.15) is 24.0 Å². The fourth-order valence-electron chi connectivity index (χ4n) is 3.45. The van der Waals surface area contributed by atoms with Crippen LogP contribution in [0, 0.1) is 0 Å². The molecule has 1 fully saturated rings. The Morgan fingerprint density at radius 2 is 1.81 bits per heavy atom. The first-order valence-electron chi connectivity index (χ1n) is 9.41. The van der Waals surface area contributed by atoms with Crippen LogP contribution >= 0.6 is 0 Å². The molecule has 0 radical (unpaired) electrons. The summed E-state index contributed by atoms with van der Waals surface area (Å²) < 4.78 is 12.8. The molecule has 0 aliphatic carbocycles. The van der Waals surface area contributed by atoms with Gasteiger partial charge in [-0.05, 0) is 62.3 Å². The third-order valence-electron chi connectivity index (χ3n) is 5.13. The number of likely N-dealkylation sites (tertiary alicyclic amines) is 1. The largest absolute Gasteiger partial charge is 0.497 e. The average Bonchev–Trinajstić information content (AvgIpc) is 3.10. The van der Waals surface area contributed by atoms with Crippen molar-refractivity contribution in [3.8, 4) is 5.75 Å². The lowest BCUT2D eigenvalue weighted by Gasteiger charge is -2.36. The monoisotopic (exact) mass is 371 g/mol. The molecule has 0 N–H and O–H groups in total. The Balaban J connectivity index is 1.65. The molecule has 2 aromatic rings. The van der Waals surface area contributed by atoms with Gasteiger partial charge in [-0.3, -0.25) is 0 Å². The van der Waals surface area contributed by atoms with Crippen LogP contribution in [0.3, 0.4) is 0 Å². The first-order chi connectivity index (χ1) is 13.0. The molecule has 0 atom stereocenters. The number of piperidine rings is 1. The van der Waals surface area contributed by atoms with Crippen molar-refractivity contribution >= 4 is 6.09 Å². The van der Waals surface area contributed by atoms with Crippen molar-refractivity contribution in [3.63, 3.8) is 0 Å². The van der Waals surface area contributed by atoms with Gasteiger partial charge in [-0.2, -0.15) is 0 Å². The summed E-state index contributed by atoms with van der Waals surface area (Å²) in [5.74, 6) is 0.794. The van der Waals surface area contributed by atoms with Gasteiger partial charge < -0.3 is 23.8 Å². The molecule has 6 heteroatoms. The van der Waals surface area contributed by atoms with Gasteiger partial charge in [-0.1, -0.05) is 12.1 Å². The van der Waals surface area contributed by atoms with E-state index in [2.05, 4.69) is 24.2 Å². The molecule has 1 saturated heterocycles. The van der Waals surface area contributed by atoms with Gasteiger partial charge in [0.1, 0.15) is 12.4 Å². The van der Waals surface area contributed by atoms with Crippen LogP contribution < -0.4 is 4.74 Å². The van der Waals surface area contributed by atoms with Gasteiger partial charge in [0.15, 0.2) is 0 Å². The van der Waals surface area contributed by atoms with Crippen molar-refractivity contribution in [2.75, 3.05) is 27.2 Å². The number of hydrogen-bond donors (Lipinski definition) is 0. The maximum Gasteiger partial charge on any atom is 0.410 e. The average molecular weight is 371 g/mol. The quantitative estimate of drug-likeness (QED) is 0.782. The minimum absolute atomic E-state index is 0.213. The molecule has 27 heavy (non-hydrogen) atoms. The molecule has 1 amide bonds. The molecule has 1 aromatic heterocycles. The molecular formula is C21H29N3O3. The Kier molecular flexibility index (Phi) is 6.40. The van der Waals surface area contributed by atoms with E-state index in [1.807, 2.05) is 47.0 Å². The van der Waals surface area contributed by atoms with Crippen LogP contribution in [0.4, 0.5) is 4.79 Å². The van der Waals surface area contributed by atoms with Gasteiger partial charge in [-0.25, -0.2) is 4.79 Å². The van der Waals surface area contributed by atoms with E-state index in [4.69, 9.17) is 9.47 Å². The zero-order chi connectivity index (χ0) is 19.2. The number of carbonyl (C=O) groups excluding carboxylic acids is 1. The molecule has 0 spiro atoms. The number of aryl methyl sites for hydroxylation is 1. The number of methoxy groups -OCH3 is 1. The summed E-state index contributed by atoms with van der Waals surface area (Å²) in [5.41, 5.74) is 2.07. The fourth-order valence-corrected chi connectivity index (χ4v) is 3.45. The Bertz CT molecular complexity index is 733. The first kappa shape index (κ1) is 19.3. The zero-order valence-corrected chi connectivity index (χ0v) is 16.4. The van der Waals surface area contributed by atoms with E-state index in [1.165, 1.54) is 0 Å². The predicted octanol–water partition coefficient (Wildman–Crippen LogP) is 3.27. The molecule has 0 unspecified atom stereocenters. The third kappa shape index (κ3) is 5.26. The lowest BCUT2D eigenvalue weighted by molar-refractivity contribution is 0.0604. The predicted molar refractivity (Wildman–Crippen MR) is 105 cm³/mol. The van der Waals surface area contributed by atoms with Gasteiger partial charge in [0.25, 0.3) is 0 Å². The van der Waals surface area contributed by atoms with E-state index in [0.29, 0.717) is 6.54 Å². The molecule has 0 bridgehead atoms. The van der Waals surface area contributed by atoms with Crippen LogP contribution in [-0.2, 0) is 24.9 Å². The van der Waals surface area contributed by atoms with Gasteiger partial charge in [0.05, 0.1) is 13.7 Å². The van der Waals surface area contributed by atoms with Crippen molar-refractivity contribution in [2.45, 2.75) is 32.0 Å². The Morgan fingerprint density at radius 3 is 2.41 bits per heavy atom. The van der Waals surface area contributed by atoms with E-state index in [1.54, 1.807) is 7.11 Å². The van der Waals surface area contributed by atoms with Crippen molar-refractivity contribution in [1.82, 2.24) is 14.4 Å². The van der Waals surface area contributed by atoms with Gasteiger partial charge >= 0.3 is 6.09 Å². The summed E-state index contributed by atoms with van der Waals surface area (Å²) in [6.07, 6.45) is 5.76. The standard InChI is InChI=1S/C21H29N3O3/c1-22-12-9-19(10-13-22)24(15-18-8-11-23(2)14-18)21(25)27-16-17-4-6-20(26-3)7-5-17/h4-8,11,14,19H,9-10,12-13,15-16H2,1-3H3. The highest BCUT2D eigenvalue weighted by Gasteiger charge is 2.28. The lowest BCUT2D eigenvalue weighted by Crippen LogP contribution is -2.46. The second kappa shape index (κ2) is 8.95. The van der Waals surface area contributed by atoms with Gasteiger partial charge in [-0.15, -0.1) is 0 Å². The van der Waals surface area contributed by atoms with E-state index in [-0.39, 0.29) is 18.7 Å². The summed E-state index contributed by atoms with van der Waals surface area (Å²) in [6.45, 7) is 2.85. The molecule has 3 rings (SSSR count). The summed E-state index contributed by atoms with van der Waals surface area (Å²) >= 11 is 0. The number of hydrogen-bond acceptors (Lipinski definition) is 4. The van der Waals surface area contributed by atoms with Crippen molar-refractivity contribution < 1.29 is 14.3 Å². The van der Waals surface area contributed by atoms with Crippen LogP contribution in [0.25, 0.3) is 0 Å². The molecule has 1 aliphatic heterocycles. The zero-order valence-electron chi connectivity index (χ0n) is 16.4. The Labute approximate surface area is 161 Å². The topological polar surface area (TPSA) is 46.9 Å². The maximum absolute atomic E-state index is 12.9. The molecule has 2 heterocycles. The molecule has 1 aromatic carbocycles. The number of rotatable bonds is 6. The SMILES string of the molecule is COc1ccc(COC(=O)N(Cc2ccn(C)c2)C2CCN(C)CC2)cc1. The molecule has 1 aliphatic rings. The number of ether oxygens (including phenoxy) is 2. The van der Waals surface area contributed by atoms with Crippen LogP contribution in [0.15, 0.2) is 42.7 Å². The minimum atomic E-state index is -0.246. The number of aromatic nitrogens is 1. The highest BCUT2D eigenvalue weighted by atomic mass is 16.6. The second-order valence-electron chi connectivity index (χ2n) is 7.25. The summed E-state index contributed by atoms with van der Waals surface area (Å²) in [7, 11) is 5.75. The van der Waals surface area contributed by atoms with Gasteiger partial charge in [0.2, 0.25) is 0 Å². The number of amides is 1. The Morgan fingerprint density at radius 1 is 1.11 bits per heavy atom. The summed E-state index contributed by atoms with van der Waals surface area (Å²) in [4.78, 5) is 17.1. The number of carbonyl (C=O) groups is 1.